The van der Waals surface area contributed by atoms with Crippen LogP contribution in [0.4, 0.5) is 5.69 Å². The van der Waals surface area contributed by atoms with Crippen molar-refractivity contribution in [1.82, 2.24) is 10.2 Å². The second-order valence-corrected chi connectivity index (χ2v) is 9.59. The molecule has 0 saturated carbocycles. The molecular weight excluding hydrogens is 386 g/mol. The van der Waals surface area contributed by atoms with Crippen LogP contribution in [0.1, 0.15) is 39.9 Å². The minimum Gasteiger partial charge on any atom is -0.349 e. The van der Waals surface area contributed by atoms with Crippen molar-refractivity contribution >= 4 is 21.6 Å². The molecule has 0 bridgehead atoms. The van der Waals surface area contributed by atoms with Gasteiger partial charge in [-0.05, 0) is 94.7 Å². The fraction of sp³-hybridized carbons (Fsp3) is 0.409. The van der Waals surface area contributed by atoms with Gasteiger partial charge in [-0.3, -0.25) is 9.52 Å². The zero-order valence-corrected chi connectivity index (χ0v) is 18.3. The van der Waals surface area contributed by atoms with E-state index in [9.17, 15) is 13.2 Å². The predicted molar refractivity (Wildman–Crippen MR) is 116 cm³/mol. The number of likely N-dealkylation sites (tertiary alicyclic amines) is 1. The number of carbonyl (C=O) groups is 1. The number of nitrogens with zero attached hydrogens (tertiary/aromatic N) is 1. The van der Waals surface area contributed by atoms with Crippen LogP contribution in [0, 0.1) is 20.8 Å². The van der Waals surface area contributed by atoms with Crippen LogP contribution in [0.3, 0.4) is 0 Å². The lowest BCUT2D eigenvalue weighted by Gasteiger charge is -2.29. The van der Waals surface area contributed by atoms with Crippen LogP contribution in [-0.4, -0.2) is 45.4 Å². The molecule has 29 heavy (non-hydrogen) atoms. The van der Waals surface area contributed by atoms with Crippen LogP contribution < -0.4 is 10.0 Å². The molecule has 1 aliphatic rings. The summed E-state index contributed by atoms with van der Waals surface area (Å²) in [4.78, 5) is 15.0. The molecule has 6 nitrogen and oxygen atoms in total. The van der Waals surface area contributed by atoms with Crippen molar-refractivity contribution in [3.63, 3.8) is 0 Å². The quantitative estimate of drug-likeness (QED) is 0.786. The fourth-order valence-electron chi connectivity index (χ4n) is 3.47. The second-order valence-electron chi connectivity index (χ2n) is 7.94. The summed E-state index contributed by atoms with van der Waals surface area (Å²) < 4.78 is 28.6. The first-order valence-corrected chi connectivity index (χ1v) is 11.3. The topological polar surface area (TPSA) is 78.5 Å². The van der Waals surface area contributed by atoms with Gasteiger partial charge in [-0.2, -0.15) is 0 Å². The maximum atomic E-state index is 13.0. The van der Waals surface area contributed by atoms with Crippen LogP contribution in [-0.2, 0) is 10.0 Å². The van der Waals surface area contributed by atoms with Gasteiger partial charge in [0.25, 0.3) is 15.9 Å². The number of carbonyl (C=O) groups excluding carboxylic acids is 1. The molecule has 2 N–H and O–H groups in total. The number of piperidine rings is 1. The molecule has 0 radical (unpaired) electrons. The van der Waals surface area contributed by atoms with Gasteiger partial charge in [0, 0.05) is 17.3 Å². The average Bonchev–Trinajstić information content (AvgIpc) is 2.66. The lowest BCUT2D eigenvalue weighted by molar-refractivity contribution is 0.0916. The molecule has 1 heterocycles. The Bertz CT molecular complexity index is 1010. The van der Waals surface area contributed by atoms with Crippen molar-refractivity contribution in [3.8, 4) is 0 Å². The molecule has 7 heteroatoms. The molecule has 3 rings (SSSR count). The van der Waals surface area contributed by atoms with E-state index < -0.39 is 10.0 Å². The molecule has 1 saturated heterocycles. The Hall–Kier alpha value is -2.38. The number of aryl methyl sites for hydroxylation is 3. The maximum absolute atomic E-state index is 13.0. The number of anilines is 1. The molecule has 2 aromatic rings. The van der Waals surface area contributed by atoms with E-state index >= 15 is 0 Å². The van der Waals surface area contributed by atoms with Gasteiger partial charge >= 0.3 is 0 Å². The molecule has 156 valence electrons. The number of hydrogen-bond donors (Lipinski definition) is 2. The predicted octanol–water partition coefficient (Wildman–Crippen LogP) is 3.24. The number of benzene rings is 2. The summed E-state index contributed by atoms with van der Waals surface area (Å²) in [5.74, 6) is -0.234. The summed E-state index contributed by atoms with van der Waals surface area (Å²) in [5, 5.41) is 3.04. The largest absolute Gasteiger partial charge is 0.349 e. The molecule has 0 aromatic heterocycles. The number of amides is 1. The van der Waals surface area contributed by atoms with E-state index in [1.165, 1.54) is 6.07 Å². The van der Waals surface area contributed by atoms with Gasteiger partial charge in [0.15, 0.2) is 0 Å². The SMILES string of the molecule is Cc1ccc(NS(=O)(=O)c2cc(C(=O)NC3CCN(C)CC3)ccc2C)cc1C. The average molecular weight is 416 g/mol. The lowest BCUT2D eigenvalue weighted by Crippen LogP contribution is -2.43. The number of rotatable bonds is 5. The van der Waals surface area contributed by atoms with Crippen molar-refractivity contribution < 1.29 is 13.2 Å². The van der Waals surface area contributed by atoms with E-state index in [1.54, 1.807) is 31.2 Å². The van der Waals surface area contributed by atoms with E-state index in [1.807, 2.05) is 19.9 Å². The Labute approximate surface area is 173 Å². The first kappa shape index (κ1) is 21.3. The fourth-order valence-corrected chi connectivity index (χ4v) is 4.79. The first-order valence-electron chi connectivity index (χ1n) is 9.86. The number of hydrogen-bond acceptors (Lipinski definition) is 4. The van der Waals surface area contributed by atoms with Crippen LogP contribution in [0.25, 0.3) is 0 Å². The standard InChI is InChI=1S/C22H29N3O3S/c1-15-6-8-20(13-17(15)3)24-29(27,28)21-14-18(7-5-16(21)2)22(26)23-19-9-11-25(4)12-10-19/h5-8,13-14,19,24H,9-12H2,1-4H3,(H,23,26). The minimum atomic E-state index is -3.81. The highest BCUT2D eigenvalue weighted by atomic mass is 32.2. The van der Waals surface area contributed by atoms with Crippen molar-refractivity contribution in [2.24, 2.45) is 0 Å². The summed E-state index contributed by atoms with van der Waals surface area (Å²) in [6.45, 7) is 7.53. The molecule has 1 aliphatic heterocycles. The van der Waals surface area contributed by atoms with Gasteiger partial charge in [0.1, 0.15) is 0 Å². The van der Waals surface area contributed by atoms with Crippen LogP contribution in [0.2, 0.25) is 0 Å². The number of sulfonamides is 1. The van der Waals surface area contributed by atoms with Gasteiger partial charge in [-0.1, -0.05) is 12.1 Å². The Morgan fingerprint density at radius 2 is 1.62 bits per heavy atom. The second kappa shape index (κ2) is 8.55. The van der Waals surface area contributed by atoms with Crippen LogP contribution >= 0.6 is 0 Å². The molecule has 0 unspecified atom stereocenters. The molecule has 0 aliphatic carbocycles. The zero-order chi connectivity index (χ0) is 21.2. The van der Waals surface area contributed by atoms with Gasteiger partial charge in [-0.25, -0.2) is 8.42 Å². The van der Waals surface area contributed by atoms with E-state index in [4.69, 9.17) is 0 Å². The van der Waals surface area contributed by atoms with E-state index in [2.05, 4.69) is 22.0 Å². The van der Waals surface area contributed by atoms with Gasteiger partial charge in [-0.15, -0.1) is 0 Å². The molecule has 1 fully saturated rings. The Morgan fingerprint density at radius 1 is 0.966 bits per heavy atom. The van der Waals surface area contributed by atoms with E-state index in [0.29, 0.717) is 16.8 Å². The van der Waals surface area contributed by atoms with Gasteiger partial charge in [0.2, 0.25) is 0 Å². The van der Waals surface area contributed by atoms with E-state index in [0.717, 1.165) is 37.1 Å². The normalized spacial score (nSPS) is 15.9. The van der Waals surface area contributed by atoms with Crippen molar-refractivity contribution in [2.45, 2.75) is 44.6 Å². The van der Waals surface area contributed by atoms with Gasteiger partial charge in [0.05, 0.1) is 4.90 Å². The maximum Gasteiger partial charge on any atom is 0.262 e. The summed E-state index contributed by atoms with van der Waals surface area (Å²) in [5.41, 5.74) is 3.56. The van der Waals surface area contributed by atoms with Crippen molar-refractivity contribution in [1.29, 1.82) is 0 Å². The third kappa shape index (κ3) is 5.16. The molecule has 0 atom stereocenters. The third-order valence-electron chi connectivity index (χ3n) is 5.55. The van der Waals surface area contributed by atoms with Crippen LogP contribution in [0.15, 0.2) is 41.3 Å². The Kier molecular flexibility index (Phi) is 6.29. The van der Waals surface area contributed by atoms with Crippen molar-refractivity contribution in [2.75, 3.05) is 24.9 Å². The summed E-state index contributed by atoms with van der Waals surface area (Å²) in [6.07, 6.45) is 1.79. The summed E-state index contributed by atoms with van der Waals surface area (Å²) in [6, 6.07) is 10.4. The molecule has 0 spiro atoms. The molecule has 2 aromatic carbocycles. The van der Waals surface area contributed by atoms with Gasteiger partial charge < -0.3 is 10.2 Å². The highest BCUT2D eigenvalue weighted by molar-refractivity contribution is 7.92. The summed E-state index contributed by atoms with van der Waals surface area (Å²) in [7, 11) is -1.74. The zero-order valence-electron chi connectivity index (χ0n) is 17.5. The highest BCUT2D eigenvalue weighted by Crippen LogP contribution is 2.23. The first-order chi connectivity index (χ1) is 13.7. The number of nitrogens with one attached hydrogen (secondary N) is 2. The lowest BCUT2D eigenvalue weighted by atomic mass is 10.0. The third-order valence-corrected chi connectivity index (χ3v) is 7.08. The molecule has 1 amide bonds. The van der Waals surface area contributed by atoms with E-state index in [-0.39, 0.29) is 16.8 Å². The smallest absolute Gasteiger partial charge is 0.262 e. The monoisotopic (exact) mass is 415 g/mol. The highest BCUT2D eigenvalue weighted by Gasteiger charge is 2.22. The Morgan fingerprint density at radius 3 is 2.28 bits per heavy atom. The van der Waals surface area contributed by atoms with Crippen LogP contribution in [0.5, 0.6) is 0 Å². The molecular formula is C22H29N3O3S. The van der Waals surface area contributed by atoms with Crippen molar-refractivity contribution in [3.05, 3.63) is 58.7 Å². The minimum absolute atomic E-state index is 0.117. The summed E-state index contributed by atoms with van der Waals surface area (Å²) >= 11 is 0. The Balaban J connectivity index is 1.80.